The summed E-state index contributed by atoms with van der Waals surface area (Å²) in [5.41, 5.74) is -0.0833. The molecule has 0 spiro atoms. The van der Waals surface area contributed by atoms with Crippen LogP contribution in [0.2, 0.25) is 20.1 Å². The lowest BCUT2D eigenvalue weighted by Gasteiger charge is -2.36. The Kier molecular flexibility index (Phi) is 6.72. The molecule has 1 atom stereocenters. The summed E-state index contributed by atoms with van der Waals surface area (Å²) in [6.07, 6.45) is 1.81. The van der Waals surface area contributed by atoms with Crippen molar-refractivity contribution in [1.29, 1.82) is 0 Å². The van der Waals surface area contributed by atoms with Crippen LogP contribution in [0.5, 0.6) is 0 Å². The molecular formula is C17H16Cl5NO. The highest BCUT2D eigenvalue weighted by Gasteiger charge is 2.42. The summed E-state index contributed by atoms with van der Waals surface area (Å²) in [5, 5.41) is 16.9. The van der Waals surface area contributed by atoms with Crippen molar-refractivity contribution in [2.45, 2.75) is 24.5 Å². The topological polar surface area (TPSA) is 32.3 Å². The van der Waals surface area contributed by atoms with Crippen molar-refractivity contribution in [1.82, 2.24) is 5.32 Å². The lowest BCUT2D eigenvalue weighted by atomic mass is 9.79. The Balaban J connectivity index is 0.00000208. The zero-order chi connectivity index (χ0) is 16.6. The largest absolute Gasteiger partial charge is 0.379 e. The summed E-state index contributed by atoms with van der Waals surface area (Å²) < 4.78 is 0. The van der Waals surface area contributed by atoms with E-state index in [2.05, 4.69) is 5.32 Å². The van der Waals surface area contributed by atoms with Crippen molar-refractivity contribution in [3.05, 3.63) is 67.6 Å². The van der Waals surface area contributed by atoms with E-state index in [1.807, 2.05) is 0 Å². The fourth-order valence-electron chi connectivity index (χ4n) is 3.16. The van der Waals surface area contributed by atoms with Crippen LogP contribution < -0.4 is 5.32 Å². The second-order valence-electron chi connectivity index (χ2n) is 5.73. The first-order valence-corrected chi connectivity index (χ1v) is 8.79. The fraction of sp³-hybridized carbons (Fsp3) is 0.294. The number of aliphatic hydroxyl groups is 1. The van der Waals surface area contributed by atoms with Gasteiger partial charge in [0.25, 0.3) is 0 Å². The Bertz CT molecular complexity index is 639. The monoisotopic (exact) mass is 425 g/mol. The van der Waals surface area contributed by atoms with Gasteiger partial charge in [-0.2, -0.15) is 0 Å². The van der Waals surface area contributed by atoms with E-state index in [1.54, 1.807) is 36.4 Å². The second kappa shape index (κ2) is 8.01. The van der Waals surface area contributed by atoms with Crippen molar-refractivity contribution in [2.75, 3.05) is 6.54 Å². The van der Waals surface area contributed by atoms with Gasteiger partial charge >= 0.3 is 0 Å². The molecule has 2 N–H and O–H groups in total. The van der Waals surface area contributed by atoms with Gasteiger partial charge in [0.1, 0.15) is 5.60 Å². The molecule has 1 saturated heterocycles. The van der Waals surface area contributed by atoms with Gasteiger partial charge in [0.2, 0.25) is 0 Å². The molecule has 2 nitrogen and oxygen atoms in total. The van der Waals surface area contributed by atoms with Crippen LogP contribution in [0, 0.1) is 0 Å². The number of halogens is 5. The van der Waals surface area contributed by atoms with E-state index in [1.165, 1.54) is 0 Å². The highest BCUT2D eigenvalue weighted by atomic mass is 35.5. The van der Waals surface area contributed by atoms with Crippen LogP contribution in [-0.2, 0) is 5.60 Å². The molecule has 7 heteroatoms. The second-order valence-corrected chi connectivity index (χ2v) is 7.48. The molecule has 0 amide bonds. The van der Waals surface area contributed by atoms with Crippen molar-refractivity contribution in [3.63, 3.8) is 0 Å². The van der Waals surface area contributed by atoms with E-state index in [4.69, 9.17) is 46.4 Å². The lowest BCUT2D eigenvalue weighted by molar-refractivity contribution is 0.0443. The van der Waals surface area contributed by atoms with E-state index >= 15 is 0 Å². The number of hydrogen-bond donors (Lipinski definition) is 2. The lowest BCUT2D eigenvalue weighted by Crippen LogP contribution is -2.46. The van der Waals surface area contributed by atoms with Gasteiger partial charge in [0.15, 0.2) is 0 Å². The average Bonchev–Trinajstić information content (AvgIpc) is 2.98. The van der Waals surface area contributed by atoms with Gasteiger partial charge in [0, 0.05) is 26.1 Å². The molecule has 1 aliphatic rings. The normalized spacial score (nSPS) is 17.6. The van der Waals surface area contributed by atoms with Crippen molar-refractivity contribution < 1.29 is 5.11 Å². The number of nitrogens with one attached hydrogen (secondary N) is 1. The molecule has 3 rings (SSSR count). The zero-order valence-corrected chi connectivity index (χ0v) is 16.4. The van der Waals surface area contributed by atoms with E-state index in [0.717, 1.165) is 19.4 Å². The summed E-state index contributed by atoms with van der Waals surface area (Å²) >= 11 is 24.6. The molecule has 2 aromatic carbocycles. The molecule has 2 aromatic rings. The van der Waals surface area contributed by atoms with Crippen molar-refractivity contribution in [3.8, 4) is 0 Å². The van der Waals surface area contributed by atoms with Crippen LogP contribution in [0.25, 0.3) is 0 Å². The summed E-state index contributed by atoms with van der Waals surface area (Å²) in [6, 6.07) is 10.0. The van der Waals surface area contributed by atoms with Crippen LogP contribution in [0.4, 0.5) is 0 Å². The minimum Gasteiger partial charge on any atom is -0.379 e. The molecule has 0 bridgehead atoms. The smallest absolute Gasteiger partial charge is 0.130 e. The molecule has 24 heavy (non-hydrogen) atoms. The molecule has 1 fully saturated rings. The predicted molar refractivity (Wildman–Crippen MR) is 104 cm³/mol. The van der Waals surface area contributed by atoms with E-state index in [0.29, 0.717) is 31.2 Å². The minimum absolute atomic E-state index is 0. The maximum absolute atomic E-state index is 11.7. The van der Waals surface area contributed by atoms with Crippen LogP contribution >= 0.6 is 58.8 Å². The summed E-state index contributed by atoms with van der Waals surface area (Å²) in [5.74, 6) is 0. The third kappa shape index (κ3) is 3.96. The molecule has 0 radical (unpaired) electrons. The van der Waals surface area contributed by atoms with Gasteiger partial charge < -0.3 is 10.4 Å². The number of hydrogen-bond acceptors (Lipinski definition) is 2. The summed E-state index contributed by atoms with van der Waals surface area (Å²) in [7, 11) is 0. The van der Waals surface area contributed by atoms with Gasteiger partial charge in [-0.3, -0.25) is 0 Å². The molecule has 130 valence electrons. The summed E-state index contributed by atoms with van der Waals surface area (Å²) in [4.78, 5) is 0. The van der Waals surface area contributed by atoms with Crippen LogP contribution in [0.1, 0.15) is 24.0 Å². The predicted octanol–water partition coefficient (Wildman–Crippen LogP) is 5.71. The van der Waals surface area contributed by atoms with Gasteiger partial charge in [-0.15, -0.1) is 12.4 Å². The number of rotatable bonds is 3. The highest BCUT2D eigenvalue weighted by Crippen LogP contribution is 2.40. The fourth-order valence-corrected chi connectivity index (χ4v) is 4.21. The molecule has 0 saturated carbocycles. The molecule has 1 aliphatic heterocycles. The Morgan fingerprint density at radius 2 is 1.25 bits per heavy atom. The van der Waals surface area contributed by atoms with E-state index in [-0.39, 0.29) is 18.4 Å². The SMILES string of the molecule is Cl.OC(c1cc(Cl)cc(Cl)c1)(c1cc(Cl)cc(Cl)c1)C1CCCN1. The Labute approximate surface area is 167 Å². The number of benzene rings is 2. The highest BCUT2D eigenvalue weighted by molar-refractivity contribution is 6.35. The maximum atomic E-state index is 11.7. The van der Waals surface area contributed by atoms with Gasteiger partial charge in [-0.05, 0) is 66.9 Å². The first kappa shape index (κ1) is 20.1. The molecular weight excluding hydrogens is 411 g/mol. The maximum Gasteiger partial charge on any atom is 0.130 e. The van der Waals surface area contributed by atoms with Crippen molar-refractivity contribution in [2.24, 2.45) is 0 Å². The van der Waals surface area contributed by atoms with E-state index in [9.17, 15) is 5.11 Å². The third-order valence-electron chi connectivity index (χ3n) is 4.17. The Morgan fingerprint density at radius 1 is 0.833 bits per heavy atom. The van der Waals surface area contributed by atoms with Crippen molar-refractivity contribution >= 4 is 58.8 Å². The van der Waals surface area contributed by atoms with Gasteiger partial charge in [-0.1, -0.05) is 46.4 Å². The zero-order valence-electron chi connectivity index (χ0n) is 12.5. The summed E-state index contributed by atoms with van der Waals surface area (Å²) in [6.45, 7) is 0.843. The average molecular weight is 428 g/mol. The van der Waals surface area contributed by atoms with Crippen LogP contribution in [-0.4, -0.2) is 17.7 Å². The first-order valence-electron chi connectivity index (χ1n) is 7.28. The Hall–Kier alpha value is -0.190. The standard InChI is InChI=1S/C17H15Cl4NO.ClH/c18-12-4-10(5-13(19)8-12)17(23,16-2-1-3-22-16)11-6-14(20)9-15(21)7-11;/h4-9,16,22-23H,1-3H2;1H. The molecule has 1 heterocycles. The first-order chi connectivity index (χ1) is 10.9. The van der Waals surface area contributed by atoms with Gasteiger partial charge in [0.05, 0.1) is 0 Å². The quantitative estimate of drug-likeness (QED) is 0.658. The van der Waals surface area contributed by atoms with E-state index < -0.39 is 5.60 Å². The van der Waals surface area contributed by atoms with Crippen LogP contribution in [0.15, 0.2) is 36.4 Å². The minimum atomic E-state index is -1.32. The van der Waals surface area contributed by atoms with Gasteiger partial charge in [-0.25, -0.2) is 0 Å². The third-order valence-corrected chi connectivity index (χ3v) is 5.04. The van der Waals surface area contributed by atoms with Crippen LogP contribution in [0.3, 0.4) is 0 Å². The Morgan fingerprint density at radius 3 is 1.58 bits per heavy atom. The molecule has 1 unspecified atom stereocenters. The molecule has 0 aromatic heterocycles. The molecule has 0 aliphatic carbocycles.